The van der Waals surface area contributed by atoms with Crippen LogP contribution in [0.5, 0.6) is 11.5 Å². The van der Waals surface area contributed by atoms with E-state index in [1.54, 1.807) is 0 Å². The molecule has 2 heterocycles. The molecule has 1 aromatic carbocycles. The number of benzene rings is 1. The maximum Gasteiger partial charge on any atom is 0.165 e. The Kier molecular flexibility index (Phi) is 3.67. The Morgan fingerprint density at radius 2 is 2.11 bits per heavy atom. The second-order valence-corrected chi connectivity index (χ2v) is 4.74. The lowest BCUT2D eigenvalue weighted by Gasteiger charge is -2.15. The van der Waals surface area contributed by atoms with Crippen LogP contribution in [0.25, 0.3) is 0 Å². The Morgan fingerprint density at radius 3 is 3.00 bits per heavy atom. The predicted molar refractivity (Wildman–Crippen MR) is 68.1 cm³/mol. The van der Waals surface area contributed by atoms with Crippen LogP contribution in [0.3, 0.4) is 0 Å². The third kappa shape index (κ3) is 2.60. The third-order valence-electron chi connectivity index (χ3n) is 3.36. The fraction of sp³-hybridized carbons (Fsp3) is 0.571. The zero-order valence-electron chi connectivity index (χ0n) is 10.5. The predicted octanol–water partition coefficient (Wildman–Crippen LogP) is 1.73. The van der Waals surface area contributed by atoms with Crippen molar-refractivity contribution < 1.29 is 14.2 Å². The van der Waals surface area contributed by atoms with Crippen molar-refractivity contribution in [2.45, 2.75) is 25.4 Å². The SMILES string of the molecule is c1cc(CNC2CCOC2)c2c(c1)OCCCO2. The number of hydrogen-bond acceptors (Lipinski definition) is 4. The van der Waals surface area contributed by atoms with E-state index >= 15 is 0 Å². The average Bonchev–Trinajstić information content (AvgIpc) is 2.79. The Balaban J connectivity index is 1.70. The van der Waals surface area contributed by atoms with Gasteiger partial charge in [0.15, 0.2) is 11.5 Å². The van der Waals surface area contributed by atoms with Gasteiger partial charge < -0.3 is 19.5 Å². The van der Waals surface area contributed by atoms with Crippen LogP contribution in [0, 0.1) is 0 Å². The minimum Gasteiger partial charge on any atom is -0.490 e. The van der Waals surface area contributed by atoms with Crippen LogP contribution in [-0.2, 0) is 11.3 Å². The van der Waals surface area contributed by atoms with Crippen molar-refractivity contribution >= 4 is 0 Å². The largest absolute Gasteiger partial charge is 0.490 e. The quantitative estimate of drug-likeness (QED) is 0.885. The molecule has 0 radical (unpaired) electrons. The molecule has 1 atom stereocenters. The Hall–Kier alpha value is -1.26. The van der Waals surface area contributed by atoms with Gasteiger partial charge in [-0.2, -0.15) is 0 Å². The van der Waals surface area contributed by atoms with Gasteiger partial charge in [0.05, 0.1) is 19.8 Å². The summed E-state index contributed by atoms with van der Waals surface area (Å²) in [5.41, 5.74) is 1.17. The summed E-state index contributed by atoms with van der Waals surface area (Å²) in [4.78, 5) is 0. The van der Waals surface area contributed by atoms with Gasteiger partial charge in [-0.25, -0.2) is 0 Å². The zero-order valence-corrected chi connectivity index (χ0v) is 10.5. The van der Waals surface area contributed by atoms with E-state index < -0.39 is 0 Å². The first-order valence-electron chi connectivity index (χ1n) is 6.62. The maximum atomic E-state index is 5.80. The first kappa shape index (κ1) is 11.8. The van der Waals surface area contributed by atoms with Gasteiger partial charge in [-0.15, -0.1) is 0 Å². The number of para-hydroxylation sites is 1. The Labute approximate surface area is 107 Å². The molecule has 4 heteroatoms. The van der Waals surface area contributed by atoms with Crippen molar-refractivity contribution in [2.24, 2.45) is 0 Å². The number of rotatable bonds is 3. The summed E-state index contributed by atoms with van der Waals surface area (Å²) in [6.07, 6.45) is 2.03. The zero-order chi connectivity index (χ0) is 12.2. The summed E-state index contributed by atoms with van der Waals surface area (Å²) in [5, 5.41) is 3.51. The lowest BCUT2D eigenvalue weighted by molar-refractivity contribution is 0.189. The molecule has 0 aromatic heterocycles. The van der Waals surface area contributed by atoms with E-state index in [4.69, 9.17) is 14.2 Å². The van der Waals surface area contributed by atoms with E-state index in [1.807, 2.05) is 12.1 Å². The van der Waals surface area contributed by atoms with Gasteiger partial charge in [0.2, 0.25) is 0 Å². The number of ether oxygens (including phenoxy) is 3. The fourth-order valence-electron chi connectivity index (χ4n) is 2.34. The molecule has 2 aliphatic rings. The van der Waals surface area contributed by atoms with Crippen LogP contribution >= 0.6 is 0 Å². The van der Waals surface area contributed by atoms with Crippen molar-refractivity contribution in [3.63, 3.8) is 0 Å². The van der Waals surface area contributed by atoms with Crippen LogP contribution in [0.15, 0.2) is 18.2 Å². The monoisotopic (exact) mass is 249 g/mol. The molecular weight excluding hydrogens is 230 g/mol. The summed E-state index contributed by atoms with van der Waals surface area (Å²) in [7, 11) is 0. The lowest BCUT2D eigenvalue weighted by Crippen LogP contribution is -2.28. The van der Waals surface area contributed by atoms with Crippen LogP contribution in [0.4, 0.5) is 0 Å². The second kappa shape index (κ2) is 5.59. The first-order chi connectivity index (χ1) is 8.93. The highest BCUT2D eigenvalue weighted by Gasteiger charge is 2.18. The van der Waals surface area contributed by atoms with E-state index in [0.29, 0.717) is 6.04 Å². The fourth-order valence-corrected chi connectivity index (χ4v) is 2.34. The average molecular weight is 249 g/mol. The summed E-state index contributed by atoms with van der Waals surface area (Å²) >= 11 is 0. The summed E-state index contributed by atoms with van der Waals surface area (Å²) in [5.74, 6) is 1.77. The molecule has 1 fully saturated rings. The Morgan fingerprint density at radius 1 is 1.17 bits per heavy atom. The van der Waals surface area contributed by atoms with Gasteiger partial charge in [0.25, 0.3) is 0 Å². The van der Waals surface area contributed by atoms with Crippen molar-refractivity contribution in [3.05, 3.63) is 23.8 Å². The van der Waals surface area contributed by atoms with Crippen molar-refractivity contribution in [1.82, 2.24) is 5.32 Å². The summed E-state index contributed by atoms with van der Waals surface area (Å²) in [6, 6.07) is 6.56. The van der Waals surface area contributed by atoms with Crippen LogP contribution < -0.4 is 14.8 Å². The summed E-state index contributed by atoms with van der Waals surface area (Å²) in [6.45, 7) is 3.95. The van der Waals surface area contributed by atoms with Gasteiger partial charge >= 0.3 is 0 Å². The van der Waals surface area contributed by atoms with E-state index in [1.165, 1.54) is 5.56 Å². The lowest BCUT2D eigenvalue weighted by atomic mass is 10.1. The molecule has 0 aliphatic carbocycles. The highest BCUT2D eigenvalue weighted by atomic mass is 16.5. The number of nitrogens with one attached hydrogen (secondary N) is 1. The minimum absolute atomic E-state index is 0.465. The normalized spacial score (nSPS) is 22.8. The summed E-state index contributed by atoms with van der Waals surface area (Å²) < 4.78 is 16.8. The van der Waals surface area contributed by atoms with Gasteiger partial charge in [0.1, 0.15) is 0 Å². The Bertz CT molecular complexity index is 402. The van der Waals surface area contributed by atoms with Crippen molar-refractivity contribution in [1.29, 1.82) is 0 Å². The molecule has 1 N–H and O–H groups in total. The van der Waals surface area contributed by atoms with E-state index in [2.05, 4.69) is 11.4 Å². The van der Waals surface area contributed by atoms with Gasteiger partial charge in [-0.1, -0.05) is 12.1 Å². The molecule has 18 heavy (non-hydrogen) atoms. The van der Waals surface area contributed by atoms with Crippen molar-refractivity contribution in [3.8, 4) is 11.5 Å². The molecule has 0 spiro atoms. The second-order valence-electron chi connectivity index (χ2n) is 4.74. The molecule has 4 nitrogen and oxygen atoms in total. The van der Waals surface area contributed by atoms with Gasteiger partial charge in [-0.3, -0.25) is 0 Å². The van der Waals surface area contributed by atoms with E-state index in [9.17, 15) is 0 Å². The molecule has 2 aliphatic heterocycles. The smallest absolute Gasteiger partial charge is 0.165 e. The van der Waals surface area contributed by atoms with Crippen LogP contribution in [-0.4, -0.2) is 32.5 Å². The minimum atomic E-state index is 0.465. The maximum absolute atomic E-state index is 5.80. The van der Waals surface area contributed by atoms with Crippen LogP contribution in [0.1, 0.15) is 18.4 Å². The molecule has 0 saturated carbocycles. The van der Waals surface area contributed by atoms with Crippen molar-refractivity contribution in [2.75, 3.05) is 26.4 Å². The van der Waals surface area contributed by atoms with Gasteiger partial charge in [0, 0.05) is 31.2 Å². The van der Waals surface area contributed by atoms with Gasteiger partial charge in [-0.05, 0) is 12.5 Å². The highest BCUT2D eigenvalue weighted by molar-refractivity contribution is 5.47. The molecule has 1 saturated heterocycles. The van der Waals surface area contributed by atoms with E-state index in [-0.39, 0.29) is 0 Å². The topological polar surface area (TPSA) is 39.7 Å². The molecule has 0 amide bonds. The molecule has 3 rings (SSSR count). The van der Waals surface area contributed by atoms with E-state index in [0.717, 1.165) is 57.3 Å². The molecule has 1 unspecified atom stereocenters. The highest BCUT2D eigenvalue weighted by Crippen LogP contribution is 2.33. The number of hydrogen-bond donors (Lipinski definition) is 1. The molecular formula is C14H19NO3. The van der Waals surface area contributed by atoms with Crippen LogP contribution in [0.2, 0.25) is 0 Å². The molecule has 0 bridgehead atoms. The number of fused-ring (bicyclic) bond motifs is 1. The molecule has 98 valence electrons. The standard InChI is InChI=1S/C14H19NO3/c1-3-11(9-15-12-5-8-16-10-12)14-13(4-1)17-6-2-7-18-14/h1,3-4,12,15H,2,5-10H2. The third-order valence-corrected chi connectivity index (χ3v) is 3.36. The first-order valence-corrected chi connectivity index (χ1v) is 6.62. The molecule has 1 aromatic rings.